The number of anilines is 1. The zero-order chi connectivity index (χ0) is 45.2. The van der Waals surface area contributed by atoms with Gasteiger partial charge >= 0.3 is 11.8 Å². The number of hydrogen-bond donors (Lipinski definition) is 3. The van der Waals surface area contributed by atoms with E-state index in [9.17, 15) is 29.3 Å². The number of aromatic nitrogens is 1. The average Bonchev–Trinajstić information content (AvgIpc) is 3.92. The molecule has 1 aromatic heterocycles. The number of aryl methyl sites for hydroxylation is 2. The summed E-state index contributed by atoms with van der Waals surface area (Å²) in [5, 5.41) is 16.4. The summed E-state index contributed by atoms with van der Waals surface area (Å²) in [4.78, 5) is 65.3. The zero-order valence-electron chi connectivity index (χ0n) is 36.0. The standard InChI is InChI=1S/C25H25N3O5.C24H26N2O5/c1-16-9-10-18(13-17(16)2)14-22(29)24(19-7-5-4-6-8-19)27-25(30)26-21-15-20(28(31)32)11-12-23(21)33-3;27-19(12-18-1-3-20-22(13-18)31-24(28)25-20)7-10-26-8-5-16(6-9-26)11-17-2-4-21-23(14-17)30-15-29-21/h4-13,15,24H,14H2,1-3H3,(H2,26,27,30);1-4,13-14,16H,5-12,15H2,(H,25,28)/t24-;/m1./s1. The molecule has 1 atom stereocenters. The zero-order valence-corrected chi connectivity index (χ0v) is 36.0. The third-order valence-corrected chi connectivity index (χ3v) is 11.6. The first-order chi connectivity index (χ1) is 30.9. The van der Waals surface area contributed by atoms with Crippen LogP contribution in [-0.2, 0) is 28.9 Å². The van der Waals surface area contributed by atoms with Crippen molar-refractivity contribution in [1.82, 2.24) is 15.2 Å². The molecular weight excluding hydrogens is 819 g/mol. The number of hydrogen-bond acceptors (Lipinski definition) is 11. The lowest BCUT2D eigenvalue weighted by molar-refractivity contribution is -0.384. The highest BCUT2D eigenvalue weighted by molar-refractivity contribution is 5.96. The number of methoxy groups -OCH3 is 1. The van der Waals surface area contributed by atoms with Crippen LogP contribution in [0.3, 0.4) is 0 Å². The Kier molecular flexibility index (Phi) is 14.5. The third kappa shape index (κ3) is 11.8. The SMILES string of the molecule is COc1ccc([N+](=O)[O-])cc1NC(=O)N[C@@H](C(=O)Cc1ccc(C)c(C)c1)c1ccccc1.O=C(CCN1CCC(Cc2ccc3c(c2)OCO3)CC1)Cc1ccc2[nH]c(=O)oc2c1. The number of amides is 2. The van der Waals surface area contributed by atoms with Crippen molar-refractivity contribution in [2.24, 2.45) is 5.92 Å². The number of nitro groups is 1. The molecule has 5 aromatic carbocycles. The van der Waals surface area contributed by atoms with Crippen LogP contribution in [0.5, 0.6) is 17.2 Å². The highest BCUT2D eigenvalue weighted by atomic mass is 16.7. The molecule has 0 radical (unpaired) electrons. The van der Waals surface area contributed by atoms with Crippen molar-refractivity contribution in [2.75, 3.05) is 38.9 Å². The van der Waals surface area contributed by atoms with Gasteiger partial charge in [0.15, 0.2) is 22.9 Å². The van der Waals surface area contributed by atoms with Gasteiger partial charge in [0.2, 0.25) is 6.79 Å². The van der Waals surface area contributed by atoms with Crippen LogP contribution in [-0.4, -0.2) is 65.9 Å². The molecule has 1 saturated heterocycles. The largest absolute Gasteiger partial charge is 0.495 e. The summed E-state index contributed by atoms with van der Waals surface area (Å²) in [5.41, 5.74) is 6.96. The number of nitrogens with one attached hydrogen (secondary N) is 3. The number of nitro benzene ring substituents is 1. The Balaban J connectivity index is 0.000000192. The van der Waals surface area contributed by atoms with Gasteiger partial charge in [-0.1, -0.05) is 60.7 Å². The van der Waals surface area contributed by atoms with Gasteiger partial charge in [-0.2, -0.15) is 0 Å². The molecule has 6 aromatic rings. The Labute approximate surface area is 369 Å². The maximum atomic E-state index is 13.2. The first kappa shape index (κ1) is 44.8. The van der Waals surface area contributed by atoms with E-state index >= 15 is 0 Å². The van der Waals surface area contributed by atoms with Gasteiger partial charge in [0.1, 0.15) is 17.6 Å². The number of Topliss-reactive ketones (excluding diaryl/α,β-unsaturated/α-hetero) is 2. The molecule has 1 fully saturated rings. The quantitative estimate of drug-likeness (QED) is 0.0665. The second kappa shape index (κ2) is 20.7. The number of oxazole rings is 1. The number of fused-ring (bicyclic) bond motifs is 2. The van der Waals surface area contributed by atoms with Crippen LogP contribution in [0.2, 0.25) is 0 Å². The van der Waals surface area contributed by atoms with Crippen molar-refractivity contribution >= 4 is 40.1 Å². The van der Waals surface area contributed by atoms with Crippen LogP contribution in [0.15, 0.2) is 112 Å². The van der Waals surface area contributed by atoms with Crippen molar-refractivity contribution in [1.29, 1.82) is 0 Å². The minimum atomic E-state index is -0.905. The van der Waals surface area contributed by atoms with E-state index < -0.39 is 22.8 Å². The maximum absolute atomic E-state index is 13.2. The summed E-state index contributed by atoms with van der Waals surface area (Å²) >= 11 is 0. The monoisotopic (exact) mass is 869 g/mol. The Morgan fingerprint density at radius 1 is 0.859 bits per heavy atom. The summed E-state index contributed by atoms with van der Waals surface area (Å²) in [6, 6.07) is 28.7. The fourth-order valence-corrected chi connectivity index (χ4v) is 7.92. The topological polar surface area (TPSA) is 195 Å². The molecule has 0 aliphatic carbocycles. The second-order valence-electron chi connectivity index (χ2n) is 16.1. The van der Waals surface area contributed by atoms with Crippen LogP contribution in [0.25, 0.3) is 11.1 Å². The molecule has 0 unspecified atom stereocenters. The Morgan fingerprint density at radius 2 is 1.59 bits per heavy atom. The molecule has 64 heavy (non-hydrogen) atoms. The van der Waals surface area contributed by atoms with E-state index in [0.29, 0.717) is 42.2 Å². The fourth-order valence-electron chi connectivity index (χ4n) is 7.92. The van der Waals surface area contributed by atoms with Crippen molar-refractivity contribution in [3.8, 4) is 17.2 Å². The number of non-ortho nitro benzene ring substituents is 1. The summed E-state index contributed by atoms with van der Waals surface area (Å²) in [6.45, 7) is 7.16. The minimum absolute atomic E-state index is 0.123. The van der Waals surface area contributed by atoms with E-state index in [1.165, 1.54) is 30.9 Å². The van der Waals surface area contributed by atoms with Crippen molar-refractivity contribution in [3.05, 3.63) is 157 Å². The number of ketones is 2. The summed E-state index contributed by atoms with van der Waals surface area (Å²) < 4.78 is 21.1. The number of nitrogens with zero attached hydrogens (tertiary/aromatic N) is 2. The van der Waals surface area contributed by atoms with Crippen LogP contribution in [0, 0.1) is 29.9 Å². The number of carbonyl (C=O) groups is 3. The lowest BCUT2D eigenvalue weighted by Gasteiger charge is -2.31. The fraction of sp³-hybridized carbons (Fsp3) is 0.306. The molecule has 3 N–H and O–H groups in total. The molecule has 15 nitrogen and oxygen atoms in total. The predicted molar refractivity (Wildman–Crippen MR) is 241 cm³/mol. The smallest absolute Gasteiger partial charge is 0.417 e. The molecule has 8 rings (SSSR count). The van der Waals surface area contributed by atoms with Crippen LogP contribution >= 0.6 is 0 Å². The van der Waals surface area contributed by atoms with E-state index in [0.717, 1.165) is 72.6 Å². The van der Waals surface area contributed by atoms with Crippen LogP contribution < -0.4 is 30.6 Å². The lowest BCUT2D eigenvalue weighted by Crippen LogP contribution is -2.37. The number of ether oxygens (including phenoxy) is 3. The Hall–Kier alpha value is -7.26. The second-order valence-corrected chi connectivity index (χ2v) is 16.1. The Bertz CT molecular complexity index is 2690. The van der Waals surface area contributed by atoms with E-state index in [-0.39, 0.29) is 35.1 Å². The van der Waals surface area contributed by atoms with Gasteiger partial charge in [0, 0.05) is 37.9 Å². The van der Waals surface area contributed by atoms with Crippen LogP contribution in [0.1, 0.15) is 58.7 Å². The number of piperidine rings is 1. The lowest BCUT2D eigenvalue weighted by atomic mass is 9.90. The Morgan fingerprint density at radius 3 is 2.34 bits per heavy atom. The van der Waals surface area contributed by atoms with E-state index in [4.69, 9.17) is 18.6 Å². The molecule has 0 saturated carbocycles. The van der Waals surface area contributed by atoms with Gasteiger partial charge in [0.05, 0.1) is 23.2 Å². The molecule has 0 bridgehead atoms. The van der Waals surface area contributed by atoms with Crippen molar-refractivity contribution < 1.29 is 37.9 Å². The number of aromatic amines is 1. The van der Waals surface area contributed by atoms with Gasteiger partial charge in [-0.15, -0.1) is 0 Å². The third-order valence-electron chi connectivity index (χ3n) is 11.6. The van der Waals surface area contributed by atoms with Gasteiger partial charge in [-0.3, -0.25) is 24.7 Å². The molecule has 15 heteroatoms. The van der Waals surface area contributed by atoms with E-state index in [1.54, 1.807) is 36.4 Å². The first-order valence-corrected chi connectivity index (χ1v) is 21.2. The number of carbonyl (C=O) groups excluding carboxylic acids is 3. The van der Waals surface area contributed by atoms with Gasteiger partial charge in [-0.05, 0) is 116 Å². The highest BCUT2D eigenvalue weighted by Crippen LogP contribution is 2.34. The number of rotatable bonds is 15. The maximum Gasteiger partial charge on any atom is 0.417 e. The summed E-state index contributed by atoms with van der Waals surface area (Å²) in [5.74, 6) is 2.15. The molecule has 2 amide bonds. The number of benzene rings is 5. The van der Waals surface area contributed by atoms with E-state index in [1.807, 2.05) is 50.2 Å². The predicted octanol–water partition coefficient (Wildman–Crippen LogP) is 8.20. The normalized spacial score (nSPS) is 14.0. The molecule has 2 aliphatic heterocycles. The highest BCUT2D eigenvalue weighted by Gasteiger charge is 2.25. The molecule has 3 heterocycles. The summed E-state index contributed by atoms with van der Waals surface area (Å²) in [7, 11) is 1.39. The summed E-state index contributed by atoms with van der Waals surface area (Å²) in [6.07, 6.45) is 4.40. The first-order valence-electron chi connectivity index (χ1n) is 21.2. The van der Waals surface area contributed by atoms with Crippen LogP contribution in [0.4, 0.5) is 16.2 Å². The number of H-pyrrole nitrogens is 1. The molecule has 332 valence electrons. The van der Waals surface area contributed by atoms with Gasteiger partial charge in [0.25, 0.3) is 5.69 Å². The van der Waals surface area contributed by atoms with Gasteiger partial charge in [-0.25, -0.2) is 9.59 Å². The van der Waals surface area contributed by atoms with E-state index in [2.05, 4.69) is 32.7 Å². The number of likely N-dealkylation sites (tertiary alicyclic amines) is 1. The molecular formula is C49H51N5O10. The van der Waals surface area contributed by atoms with Crippen molar-refractivity contribution in [2.45, 2.75) is 58.4 Å². The van der Waals surface area contributed by atoms with Gasteiger partial charge < -0.3 is 34.2 Å². The average molecular weight is 870 g/mol. The van der Waals surface area contributed by atoms with Crippen molar-refractivity contribution in [3.63, 3.8) is 0 Å². The molecule has 2 aliphatic rings. The minimum Gasteiger partial charge on any atom is -0.495 e. The number of urea groups is 1. The molecule has 0 spiro atoms.